The van der Waals surface area contributed by atoms with Gasteiger partial charge in [-0.2, -0.15) is 0 Å². The third-order valence-electron chi connectivity index (χ3n) is 6.93. The first-order valence-electron chi connectivity index (χ1n) is 12.0. The van der Waals surface area contributed by atoms with Crippen molar-refractivity contribution in [2.75, 3.05) is 39.5 Å². The summed E-state index contributed by atoms with van der Waals surface area (Å²) in [5.74, 6) is 1.52. The molecule has 0 aliphatic carbocycles. The Morgan fingerprint density at radius 1 is 1.06 bits per heavy atom. The minimum absolute atomic E-state index is 0.158. The van der Waals surface area contributed by atoms with Crippen LogP contribution in [0.15, 0.2) is 47.3 Å². The number of H-pyrrole nitrogens is 1. The summed E-state index contributed by atoms with van der Waals surface area (Å²) in [4.78, 5) is 21.1. The molecule has 0 saturated carbocycles. The van der Waals surface area contributed by atoms with E-state index >= 15 is 0 Å². The summed E-state index contributed by atoms with van der Waals surface area (Å²) in [5.41, 5.74) is 1.88. The molecule has 0 spiro atoms. The number of rotatable bonds is 6. The van der Waals surface area contributed by atoms with E-state index in [0.717, 1.165) is 43.7 Å². The van der Waals surface area contributed by atoms with Crippen molar-refractivity contribution < 1.29 is 13.9 Å². The van der Waals surface area contributed by atoms with Crippen LogP contribution >= 0.6 is 0 Å². The van der Waals surface area contributed by atoms with Gasteiger partial charge in [0.2, 0.25) is 6.79 Å². The number of halogens is 1. The van der Waals surface area contributed by atoms with Crippen molar-refractivity contribution in [3.05, 3.63) is 75.6 Å². The van der Waals surface area contributed by atoms with Gasteiger partial charge in [0.15, 0.2) is 17.3 Å². The minimum Gasteiger partial charge on any atom is -0.454 e. The van der Waals surface area contributed by atoms with Crippen molar-refractivity contribution in [1.82, 2.24) is 35.0 Å². The van der Waals surface area contributed by atoms with Crippen LogP contribution in [0, 0.1) is 5.82 Å². The van der Waals surface area contributed by atoms with Crippen LogP contribution in [0.4, 0.5) is 4.39 Å². The fourth-order valence-corrected chi connectivity index (χ4v) is 4.94. The number of ether oxygens (including phenoxy) is 2. The van der Waals surface area contributed by atoms with Crippen LogP contribution < -0.4 is 15.0 Å². The molecule has 1 saturated heterocycles. The molecule has 2 aliphatic rings. The van der Waals surface area contributed by atoms with Gasteiger partial charge in [-0.1, -0.05) is 19.1 Å². The topological polar surface area (TPSA) is 101 Å². The van der Waals surface area contributed by atoms with Crippen LogP contribution in [0.5, 0.6) is 11.5 Å². The molecule has 10 nitrogen and oxygen atoms in total. The lowest BCUT2D eigenvalue weighted by molar-refractivity contribution is 0.108. The summed E-state index contributed by atoms with van der Waals surface area (Å²) in [6.45, 7) is 6.94. The summed E-state index contributed by atoms with van der Waals surface area (Å²) in [6, 6.07) is 11.4. The fraction of sp³-hybridized carbons (Fsp3) is 0.360. The number of fused-ring (bicyclic) bond motifs is 2. The van der Waals surface area contributed by atoms with Gasteiger partial charge in [-0.25, -0.2) is 9.07 Å². The molecule has 0 radical (unpaired) electrons. The summed E-state index contributed by atoms with van der Waals surface area (Å²) in [7, 11) is 0. The van der Waals surface area contributed by atoms with Crippen LogP contribution in [-0.4, -0.2) is 74.5 Å². The number of hydrogen-bond acceptors (Lipinski definition) is 8. The highest BCUT2D eigenvalue weighted by molar-refractivity contribution is 5.83. The zero-order valence-corrected chi connectivity index (χ0v) is 19.9. The van der Waals surface area contributed by atoms with Crippen molar-refractivity contribution in [2.45, 2.75) is 19.5 Å². The Morgan fingerprint density at radius 3 is 2.56 bits per heavy atom. The van der Waals surface area contributed by atoms with E-state index < -0.39 is 6.04 Å². The number of aromatic amines is 1. The Morgan fingerprint density at radius 2 is 1.81 bits per heavy atom. The van der Waals surface area contributed by atoms with Gasteiger partial charge >= 0.3 is 0 Å². The van der Waals surface area contributed by atoms with E-state index in [1.807, 2.05) is 12.1 Å². The molecule has 2 aliphatic heterocycles. The van der Waals surface area contributed by atoms with Crippen molar-refractivity contribution in [2.24, 2.45) is 0 Å². The number of pyridine rings is 1. The second kappa shape index (κ2) is 9.32. The average molecular weight is 492 g/mol. The second-order valence-electron chi connectivity index (χ2n) is 9.04. The maximum absolute atomic E-state index is 13.5. The molecule has 36 heavy (non-hydrogen) atoms. The minimum atomic E-state index is -0.460. The van der Waals surface area contributed by atoms with E-state index in [-0.39, 0.29) is 18.2 Å². The highest BCUT2D eigenvalue weighted by Gasteiger charge is 2.32. The molecule has 2 aromatic carbocycles. The normalized spacial score (nSPS) is 17.1. The Hall–Kier alpha value is -3.83. The molecular weight excluding hydrogens is 465 g/mol. The first-order chi connectivity index (χ1) is 17.6. The van der Waals surface area contributed by atoms with Crippen LogP contribution in [-0.2, 0) is 6.54 Å². The number of aromatic nitrogens is 5. The molecule has 1 atom stereocenters. The van der Waals surface area contributed by atoms with Crippen LogP contribution in [0.2, 0.25) is 0 Å². The molecule has 186 valence electrons. The first-order valence-corrected chi connectivity index (χ1v) is 12.0. The predicted molar refractivity (Wildman–Crippen MR) is 130 cm³/mol. The van der Waals surface area contributed by atoms with E-state index in [9.17, 15) is 9.18 Å². The summed E-state index contributed by atoms with van der Waals surface area (Å²) < 4.78 is 26.1. The molecule has 1 N–H and O–H groups in total. The van der Waals surface area contributed by atoms with Crippen LogP contribution in [0.1, 0.15) is 29.9 Å². The Balaban J connectivity index is 1.43. The van der Waals surface area contributed by atoms with E-state index in [2.05, 4.69) is 37.2 Å². The van der Waals surface area contributed by atoms with Gasteiger partial charge in [0.25, 0.3) is 5.56 Å². The number of tetrazole rings is 1. The number of hydrogen-bond donors (Lipinski definition) is 1. The third kappa shape index (κ3) is 4.20. The van der Waals surface area contributed by atoms with Gasteiger partial charge in [-0.15, -0.1) is 5.10 Å². The van der Waals surface area contributed by atoms with E-state index in [0.29, 0.717) is 34.9 Å². The zero-order chi connectivity index (χ0) is 24.6. The number of benzene rings is 2. The molecule has 0 amide bonds. The molecular formula is C25H26FN7O3. The van der Waals surface area contributed by atoms with Crippen molar-refractivity contribution in [3.8, 4) is 11.5 Å². The predicted octanol–water partition coefficient (Wildman–Crippen LogP) is 2.16. The van der Waals surface area contributed by atoms with Gasteiger partial charge in [0.1, 0.15) is 11.9 Å². The van der Waals surface area contributed by atoms with Crippen LogP contribution in [0.25, 0.3) is 10.9 Å². The Bertz CT molecular complexity index is 1440. The van der Waals surface area contributed by atoms with Gasteiger partial charge in [0.05, 0.1) is 12.1 Å². The van der Waals surface area contributed by atoms with Crippen molar-refractivity contribution in [3.63, 3.8) is 0 Å². The van der Waals surface area contributed by atoms with Gasteiger partial charge in [-0.3, -0.25) is 9.69 Å². The summed E-state index contributed by atoms with van der Waals surface area (Å²) >= 11 is 0. The molecule has 0 bridgehead atoms. The lowest BCUT2D eigenvalue weighted by atomic mass is 10.0. The lowest BCUT2D eigenvalue weighted by Crippen LogP contribution is -2.49. The SMILES string of the molecule is CCN1CCN(C(c2cc3cc4c(cc3[nH]c2=O)OCO4)c2nnnn2Cc2ccc(F)cc2)CC1. The molecule has 4 aromatic rings. The standard InChI is InChI=1S/C25H26FN7O3/c1-2-31-7-9-32(10-8-31)23(24-28-29-30-33(24)14-16-3-5-18(26)6-4-16)19-11-17-12-21-22(36-15-35-21)13-20(17)27-25(19)34/h3-6,11-13,23H,2,7-10,14-15H2,1H3,(H,27,34). The molecule has 1 fully saturated rings. The summed E-state index contributed by atoms with van der Waals surface area (Å²) in [6.07, 6.45) is 0. The van der Waals surface area contributed by atoms with E-state index in [1.54, 1.807) is 22.9 Å². The zero-order valence-electron chi connectivity index (χ0n) is 19.9. The van der Waals surface area contributed by atoms with Crippen molar-refractivity contribution >= 4 is 10.9 Å². The largest absolute Gasteiger partial charge is 0.454 e. The molecule has 1 unspecified atom stereocenters. The molecule has 11 heteroatoms. The highest BCUT2D eigenvalue weighted by Crippen LogP contribution is 2.36. The van der Waals surface area contributed by atoms with Gasteiger partial charge in [-0.05, 0) is 46.8 Å². The third-order valence-corrected chi connectivity index (χ3v) is 6.93. The summed E-state index contributed by atoms with van der Waals surface area (Å²) in [5, 5.41) is 13.4. The monoisotopic (exact) mass is 491 g/mol. The maximum Gasteiger partial charge on any atom is 0.253 e. The van der Waals surface area contributed by atoms with Crippen LogP contribution in [0.3, 0.4) is 0 Å². The smallest absolute Gasteiger partial charge is 0.253 e. The fourth-order valence-electron chi connectivity index (χ4n) is 4.94. The molecule has 2 aromatic heterocycles. The number of nitrogens with zero attached hydrogens (tertiary/aromatic N) is 6. The van der Waals surface area contributed by atoms with E-state index in [4.69, 9.17) is 9.47 Å². The van der Waals surface area contributed by atoms with Gasteiger partial charge < -0.3 is 19.4 Å². The number of likely N-dealkylation sites (N-methyl/N-ethyl adjacent to an activating group) is 1. The average Bonchev–Trinajstić information content (AvgIpc) is 3.54. The van der Waals surface area contributed by atoms with Gasteiger partial charge in [0, 0.05) is 43.2 Å². The maximum atomic E-state index is 13.5. The molecule has 4 heterocycles. The Kier molecular flexibility index (Phi) is 5.86. The highest BCUT2D eigenvalue weighted by atomic mass is 19.1. The van der Waals surface area contributed by atoms with Crippen molar-refractivity contribution in [1.29, 1.82) is 0 Å². The second-order valence-corrected chi connectivity index (χ2v) is 9.04. The Labute approximate surface area is 206 Å². The number of nitrogens with one attached hydrogen (secondary N) is 1. The van der Waals surface area contributed by atoms with E-state index in [1.165, 1.54) is 12.1 Å². The quantitative estimate of drug-likeness (QED) is 0.438. The first kappa shape index (κ1) is 22.6. The lowest BCUT2D eigenvalue weighted by Gasteiger charge is -2.38. The number of piperazine rings is 1. The molecule has 6 rings (SSSR count).